The Hall–Kier alpha value is -1.78. The zero-order chi connectivity index (χ0) is 9.42. The van der Waals surface area contributed by atoms with Gasteiger partial charge in [0.15, 0.2) is 0 Å². The van der Waals surface area contributed by atoms with Crippen LogP contribution in [0.5, 0.6) is 5.88 Å². The molecule has 0 saturated carbocycles. The lowest BCUT2D eigenvalue weighted by atomic mass is 10.3. The second kappa shape index (κ2) is 2.62. The topological polar surface area (TPSA) is 70.4 Å². The van der Waals surface area contributed by atoms with Crippen molar-refractivity contribution in [1.82, 2.24) is 14.6 Å². The Bertz CT molecular complexity index is 498. The van der Waals surface area contributed by atoms with Crippen molar-refractivity contribution in [1.29, 1.82) is 0 Å². The number of H-pyrrole nitrogens is 1. The number of aromatic hydroxyl groups is 1. The van der Waals surface area contributed by atoms with E-state index in [1.807, 2.05) is 6.92 Å². The fourth-order valence-electron chi connectivity index (χ4n) is 1.21. The summed E-state index contributed by atoms with van der Waals surface area (Å²) in [6.45, 7) is 1.96. The third-order valence-electron chi connectivity index (χ3n) is 1.85. The van der Waals surface area contributed by atoms with Crippen LogP contribution >= 0.6 is 0 Å². The van der Waals surface area contributed by atoms with Crippen molar-refractivity contribution < 1.29 is 5.11 Å². The lowest BCUT2D eigenvalue weighted by molar-refractivity contribution is 0.433. The van der Waals surface area contributed by atoms with Crippen molar-refractivity contribution in [2.75, 3.05) is 0 Å². The number of rotatable bonds is 1. The van der Waals surface area contributed by atoms with Crippen LogP contribution in [0.25, 0.3) is 5.65 Å². The quantitative estimate of drug-likeness (QED) is 0.661. The summed E-state index contributed by atoms with van der Waals surface area (Å²) >= 11 is 0. The highest BCUT2D eigenvalue weighted by Crippen LogP contribution is 2.09. The summed E-state index contributed by atoms with van der Waals surface area (Å²) in [6.07, 6.45) is 0.767. The Balaban J connectivity index is 2.83. The van der Waals surface area contributed by atoms with Crippen LogP contribution in [0.4, 0.5) is 0 Å². The summed E-state index contributed by atoms with van der Waals surface area (Å²) in [5.41, 5.74) is 1.02. The third-order valence-corrected chi connectivity index (χ3v) is 1.85. The first-order valence-corrected chi connectivity index (χ1v) is 4.01. The average Bonchev–Trinajstić information content (AvgIpc) is 2.47. The summed E-state index contributed by atoms with van der Waals surface area (Å²) in [5.74, 6) is -0.140. The van der Waals surface area contributed by atoms with Crippen LogP contribution < -0.4 is 5.56 Å². The third kappa shape index (κ3) is 1.18. The Morgan fingerprint density at radius 3 is 3.08 bits per heavy atom. The molecule has 0 unspecified atom stereocenters. The van der Waals surface area contributed by atoms with E-state index >= 15 is 0 Å². The van der Waals surface area contributed by atoms with Gasteiger partial charge in [-0.2, -0.15) is 9.61 Å². The van der Waals surface area contributed by atoms with Crippen LogP contribution in [0, 0.1) is 0 Å². The van der Waals surface area contributed by atoms with Gasteiger partial charge in [-0.25, -0.2) is 0 Å². The summed E-state index contributed by atoms with van der Waals surface area (Å²) in [7, 11) is 0. The van der Waals surface area contributed by atoms with E-state index in [4.69, 9.17) is 0 Å². The minimum absolute atomic E-state index is 0.140. The van der Waals surface area contributed by atoms with Crippen molar-refractivity contribution in [2.24, 2.45) is 0 Å². The first kappa shape index (κ1) is 7.85. The Morgan fingerprint density at radius 2 is 2.38 bits per heavy atom. The van der Waals surface area contributed by atoms with Crippen LogP contribution in [0.15, 0.2) is 16.9 Å². The highest BCUT2D eigenvalue weighted by Gasteiger charge is 2.04. The van der Waals surface area contributed by atoms with E-state index < -0.39 is 0 Å². The Kier molecular flexibility index (Phi) is 1.58. The van der Waals surface area contributed by atoms with Gasteiger partial charge in [0, 0.05) is 6.07 Å². The number of aryl methyl sites for hydroxylation is 1. The Labute approximate surface area is 73.6 Å². The standard InChI is InChI=1S/C8H9N3O2/c1-2-5-3-6-9-7(12)4-8(13)11(6)10-5/h3-4,13H,2H2,1H3,(H,9,12). The predicted molar refractivity (Wildman–Crippen MR) is 46.9 cm³/mol. The fourth-order valence-corrected chi connectivity index (χ4v) is 1.21. The van der Waals surface area contributed by atoms with Gasteiger partial charge in [0.2, 0.25) is 5.88 Å². The van der Waals surface area contributed by atoms with Gasteiger partial charge in [0.25, 0.3) is 5.56 Å². The molecule has 0 saturated heterocycles. The molecular weight excluding hydrogens is 170 g/mol. The monoisotopic (exact) mass is 179 g/mol. The molecule has 2 aromatic heterocycles. The van der Waals surface area contributed by atoms with Gasteiger partial charge in [-0.05, 0) is 6.42 Å². The van der Waals surface area contributed by atoms with Crippen LogP contribution in [0.2, 0.25) is 0 Å². The van der Waals surface area contributed by atoms with Crippen LogP contribution in [-0.2, 0) is 6.42 Å². The highest BCUT2D eigenvalue weighted by atomic mass is 16.3. The normalized spacial score (nSPS) is 10.8. The Morgan fingerprint density at radius 1 is 1.62 bits per heavy atom. The maximum absolute atomic E-state index is 10.9. The first-order chi connectivity index (χ1) is 6.20. The summed E-state index contributed by atoms with van der Waals surface area (Å²) in [5, 5.41) is 13.4. The number of nitrogens with one attached hydrogen (secondary N) is 1. The second-order valence-electron chi connectivity index (χ2n) is 2.78. The van der Waals surface area contributed by atoms with Gasteiger partial charge in [-0.1, -0.05) is 6.92 Å². The summed E-state index contributed by atoms with van der Waals surface area (Å²) < 4.78 is 1.31. The highest BCUT2D eigenvalue weighted by molar-refractivity contribution is 5.41. The van der Waals surface area contributed by atoms with E-state index in [1.165, 1.54) is 4.52 Å². The van der Waals surface area contributed by atoms with Crippen molar-refractivity contribution in [3.8, 4) is 5.88 Å². The number of hydrogen-bond acceptors (Lipinski definition) is 3. The molecule has 2 heterocycles. The SMILES string of the molecule is CCc1cc2[nH]c(=O)cc(O)n2n1. The van der Waals surface area contributed by atoms with Crippen molar-refractivity contribution in [3.63, 3.8) is 0 Å². The summed E-state index contributed by atoms with van der Waals surface area (Å²) in [4.78, 5) is 13.5. The molecule has 0 bridgehead atoms. The first-order valence-electron chi connectivity index (χ1n) is 4.01. The molecule has 0 radical (unpaired) electrons. The number of aromatic amines is 1. The van der Waals surface area contributed by atoms with E-state index in [-0.39, 0.29) is 11.4 Å². The largest absolute Gasteiger partial charge is 0.493 e. The molecule has 68 valence electrons. The molecule has 0 amide bonds. The second-order valence-corrected chi connectivity index (χ2v) is 2.78. The molecule has 2 rings (SSSR count). The van der Waals surface area contributed by atoms with E-state index in [0.717, 1.165) is 18.2 Å². The molecule has 0 aliphatic heterocycles. The minimum atomic E-state index is -0.326. The molecule has 0 aliphatic carbocycles. The molecule has 0 atom stereocenters. The predicted octanol–water partition coefficient (Wildman–Crippen LogP) is 0.291. The van der Waals surface area contributed by atoms with E-state index in [2.05, 4.69) is 10.1 Å². The smallest absolute Gasteiger partial charge is 0.254 e. The van der Waals surface area contributed by atoms with Crippen LogP contribution in [-0.4, -0.2) is 19.7 Å². The molecule has 5 nitrogen and oxygen atoms in total. The lowest BCUT2D eigenvalue weighted by Crippen LogP contribution is -2.06. The van der Waals surface area contributed by atoms with Gasteiger partial charge in [-0.15, -0.1) is 0 Å². The zero-order valence-corrected chi connectivity index (χ0v) is 7.11. The lowest BCUT2D eigenvalue weighted by Gasteiger charge is -1.94. The van der Waals surface area contributed by atoms with Gasteiger partial charge in [0.05, 0.1) is 11.8 Å². The molecule has 0 spiro atoms. The maximum Gasteiger partial charge on any atom is 0.254 e. The molecule has 2 aromatic rings. The summed E-state index contributed by atoms with van der Waals surface area (Å²) in [6, 6.07) is 2.83. The fraction of sp³-hybridized carbons (Fsp3) is 0.250. The van der Waals surface area contributed by atoms with E-state index in [9.17, 15) is 9.90 Å². The van der Waals surface area contributed by atoms with E-state index in [1.54, 1.807) is 6.07 Å². The minimum Gasteiger partial charge on any atom is -0.493 e. The molecule has 0 aromatic carbocycles. The van der Waals surface area contributed by atoms with Gasteiger partial charge >= 0.3 is 0 Å². The number of hydrogen-bond donors (Lipinski definition) is 2. The molecule has 0 fully saturated rings. The zero-order valence-electron chi connectivity index (χ0n) is 7.11. The number of nitrogens with zero attached hydrogens (tertiary/aromatic N) is 2. The molecule has 2 N–H and O–H groups in total. The van der Waals surface area contributed by atoms with Crippen molar-refractivity contribution in [2.45, 2.75) is 13.3 Å². The molecule has 5 heteroatoms. The van der Waals surface area contributed by atoms with Gasteiger partial charge in [-0.3, -0.25) is 4.79 Å². The molecular formula is C8H9N3O2. The molecule has 13 heavy (non-hydrogen) atoms. The number of aromatic nitrogens is 3. The maximum atomic E-state index is 10.9. The molecule has 0 aliphatic rings. The van der Waals surface area contributed by atoms with E-state index in [0.29, 0.717) is 5.65 Å². The van der Waals surface area contributed by atoms with Crippen LogP contribution in [0.1, 0.15) is 12.6 Å². The van der Waals surface area contributed by atoms with Gasteiger partial charge in [0.1, 0.15) is 5.65 Å². The van der Waals surface area contributed by atoms with Crippen molar-refractivity contribution in [3.05, 3.63) is 28.2 Å². The van der Waals surface area contributed by atoms with Gasteiger partial charge < -0.3 is 10.1 Å². The van der Waals surface area contributed by atoms with Crippen LogP contribution in [0.3, 0.4) is 0 Å². The average molecular weight is 179 g/mol. The number of fused-ring (bicyclic) bond motifs is 1. The van der Waals surface area contributed by atoms with Crippen molar-refractivity contribution >= 4 is 5.65 Å².